The van der Waals surface area contributed by atoms with Crippen LogP contribution in [0.4, 0.5) is 17.1 Å². The number of hydrogen-bond acceptors (Lipinski definition) is 7. The molecule has 1 amide bonds. The molecule has 0 heterocycles. The van der Waals surface area contributed by atoms with E-state index in [4.69, 9.17) is 27.9 Å². The Kier molecular flexibility index (Phi) is 8.41. The molecule has 0 saturated carbocycles. The van der Waals surface area contributed by atoms with Crippen molar-refractivity contribution < 1.29 is 27.6 Å². The first-order chi connectivity index (χ1) is 18.5. The molecule has 4 aromatic carbocycles. The summed E-state index contributed by atoms with van der Waals surface area (Å²) in [5, 5.41) is 23.5. The van der Waals surface area contributed by atoms with E-state index in [0.717, 1.165) is 0 Å². The van der Waals surface area contributed by atoms with Gasteiger partial charge >= 0.3 is 0 Å². The van der Waals surface area contributed by atoms with Crippen molar-refractivity contribution in [3.63, 3.8) is 0 Å². The average Bonchev–Trinajstić information content (AvgIpc) is 2.89. The Balaban J connectivity index is 1.80. The number of rotatable bonds is 8. The highest BCUT2D eigenvalue weighted by Gasteiger charge is 2.21. The Morgan fingerprint density at radius 2 is 1.74 bits per heavy atom. The van der Waals surface area contributed by atoms with Crippen molar-refractivity contribution in [2.24, 2.45) is 10.2 Å². The first-order valence-corrected chi connectivity index (χ1v) is 13.9. The number of nitrogens with one attached hydrogen (secondary N) is 1. The number of carbonyl (C=O) groups is 1. The Morgan fingerprint density at radius 3 is 2.44 bits per heavy atom. The fraction of sp³-hybridized carbons (Fsp3) is 0.148. The lowest BCUT2D eigenvalue weighted by Gasteiger charge is -2.13. The van der Waals surface area contributed by atoms with Crippen molar-refractivity contribution in [1.82, 2.24) is 0 Å². The SMILES string of the molecule is CCOc1cc(NC(=O)c2cc3ccccc3c(N=Nc3cc(Cl)c(CC)cc3S(=O)(=O)O)c2O)ccc1Cl. The number of phenols is 1. The third-order valence-electron chi connectivity index (χ3n) is 5.77. The number of fused-ring (bicyclic) bond motifs is 1. The van der Waals surface area contributed by atoms with Gasteiger partial charge in [0, 0.05) is 22.2 Å². The molecule has 39 heavy (non-hydrogen) atoms. The number of amides is 1. The molecule has 0 saturated heterocycles. The molecule has 0 bridgehead atoms. The third-order valence-corrected chi connectivity index (χ3v) is 7.32. The van der Waals surface area contributed by atoms with Crippen LogP contribution in [0, 0.1) is 0 Å². The number of azo groups is 1. The Bertz CT molecular complexity index is 1720. The van der Waals surface area contributed by atoms with Gasteiger partial charge in [-0.2, -0.15) is 8.42 Å². The average molecular weight is 588 g/mol. The summed E-state index contributed by atoms with van der Waals surface area (Å²) >= 11 is 12.4. The summed E-state index contributed by atoms with van der Waals surface area (Å²) in [7, 11) is -4.67. The zero-order valence-electron chi connectivity index (χ0n) is 20.8. The molecule has 4 rings (SSSR count). The largest absolute Gasteiger partial charge is 0.505 e. The number of ether oxygens (including phenoxy) is 1. The number of nitrogens with zero attached hydrogens (tertiary/aromatic N) is 2. The van der Waals surface area contributed by atoms with Crippen LogP contribution in [0.25, 0.3) is 10.8 Å². The number of phenolic OH excluding ortho intramolecular Hbond substituents is 1. The predicted octanol–water partition coefficient (Wildman–Crippen LogP) is 7.73. The third kappa shape index (κ3) is 6.15. The van der Waals surface area contributed by atoms with Crippen LogP contribution in [0.3, 0.4) is 0 Å². The van der Waals surface area contributed by atoms with E-state index < -0.39 is 26.7 Å². The van der Waals surface area contributed by atoms with E-state index in [0.29, 0.717) is 45.8 Å². The molecule has 4 aromatic rings. The van der Waals surface area contributed by atoms with Gasteiger partial charge in [0.1, 0.15) is 22.0 Å². The molecule has 3 N–H and O–H groups in total. The molecule has 0 unspecified atom stereocenters. The van der Waals surface area contributed by atoms with Gasteiger partial charge in [0.25, 0.3) is 16.0 Å². The van der Waals surface area contributed by atoms with Gasteiger partial charge in [-0.15, -0.1) is 10.2 Å². The smallest absolute Gasteiger partial charge is 0.296 e. The molecule has 0 aliphatic heterocycles. The number of hydrogen-bond donors (Lipinski definition) is 3. The fourth-order valence-electron chi connectivity index (χ4n) is 3.88. The van der Waals surface area contributed by atoms with E-state index >= 15 is 0 Å². The van der Waals surface area contributed by atoms with Gasteiger partial charge in [-0.3, -0.25) is 9.35 Å². The van der Waals surface area contributed by atoms with Gasteiger partial charge in [-0.05, 0) is 54.6 Å². The minimum atomic E-state index is -4.67. The molecule has 202 valence electrons. The molecule has 0 aliphatic carbocycles. The van der Waals surface area contributed by atoms with Gasteiger partial charge < -0.3 is 15.2 Å². The maximum absolute atomic E-state index is 13.2. The van der Waals surface area contributed by atoms with Crippen molar-refractivity contribution in [1.29, 1.82) is 0 Å². The molecule has 12 heteroatoms. The minimum absolute atomic E-state index is 0.0821. The first kappa shape index (κ1) is 28.3. The zero-order chi connectivity index (χ0) is 28.3. The molecule has 0 spiro atoms. The lowest BCUT2D eigenvalue weighted by molar-refractivity contribution is 0.102. The molecule has 0 radical (unpaired) electrons. The Hall–Kier alpha value is -3.70. The second-order valence-corrected chi connectivity index (χ2v) is 10.5. The monoisotopic (exact) mass is 587 g/mol. The number of anilines is 1. The van der Waals surface area contributed by atoms with E-state index in [1.807, 2.05) is 0 Å². The van der Waals surface area contributed by atoms with Gasteiger partial charge in [0.2, 0.25) is 0 Å². The van der Waals surface area contributed by atoms with E-state index in [1.54, 1.807) is 56.3 Å². The number of aromatic hydroxyl groups is 1. The summed E-state index contributed by atoms with van der Waals surface area (Å²) in [6.45, 7) is 3.96. The summed E-state index contributed by atoms with van der Waals surface area (Å²) in [4.78, 5) is 12.7. The predicted molar refractivity (Wildman–Crippen MR) is 151 cm³/mol. The quantitative estimate of drug-likeness (QED) is 0.142. The van der Waals surface area contributed by atoms with Crippen molar-refractivity contribution in [3.05, 3.63) is 81.8 Å². The molecule has 0 aliphatic rings. The van der Waals surface area contributed by atoms with Gasteiger partial charge in [0.15, 0.2) is 5.75 Å². The van der Waals surface area contributed by atoms with Crippen LogP contribution < -0.4 is 10.1 Å². The summed E-state index contributed by atoms with van der Waals surface area (Å²) in [6, 6.07) is 15.5. The first-order valence-electron chi connectivity index (χ1n) is 11.7. The molecule has 0 aromatic heterocycles. The van der Waals surface area contributed by atoms with Crippen LogP contribution >= 0.6 is 23.2 Å². The highest BCUT2D eigenvalue weighted by Crippen LogP contribution is 2.41. The van der Waals surface area contributed by atoms with Crippen LogP contribution in [0.2, 0.25) is 10.0 Å². The van der Waals surface area contributed by atoms with Crippen LogP contribution in [0.15, 0.2) is 75.8 Å². The van der Waals surface area contributed by atoms with Crippen LogP contribution in [-0.4, -0.2) is 30.6 Å². The van der Waals surface area contributed by atoms with Gasteiger partial charge in [-0.25, -0.2) is 0 Å². The van der Waals surface area contributed by atoms with E-state index in [-0.39, 0.29) is 22.0 Å². The topological polar surface area (TPSA) is 138 Å². The highest BCUT2D eigenvalue weighted by molar-refractivity contribution is 7.86. The number of benzene rings is 4. The summed E-state index contributed by atoms with van der Waals surface area (Å²) in [5.41, 5.74) is 0.450. The Labute approximate surface area is 234 Å². The molecule has 0 atom stereocenters. The van der Waals surface area contributed by atoms with Crippen LogP contribution in [0.1, 0.15) is 29.8 Å². The number of aryl methyl sites for hydroxylation is 1. The van der Waals surface area contributed by atoms with Crippen LogP contribution in [-0.2, 0) is 16.5 Å². The van der Waals surface area contributed by atoms with E-state index in [2.05, 4.69) is 15.5 Å². The zero-order valence-corrected chi connectivity index (χ0v) is 23.1. The molecule has 0 fully saturated rings. The van der Waals surface area contributed by atoms with Crippen molar-refractivity contribution in [2.45, 2.75) is 25.2 Å². The fourth-order valence-corrected chi connectivity index (χ4v) is 5.00. The lowest BCUT2D eigenvalue weighted by atomic mass is 10.0. The maximum Gasteiger partial charge on any atom is 0.296 e. The standard InChI is InChI=1S/C27H23Cl2N3O6S/c1-3-15-12-24(39(35,36)37)22(14-21(15)29)31-32-25-18-8-6-5-7-16(18)11-19(26(25)33)27(34)30-17-9-10-20(28)23(13-17)38-4-2/h5-14,33H,3-4H2,1-2H3,(H,30,34)(H,35,36,37). The molecular formula is C27H23Cl2N3O6S. The van der Waals surface area contributed by atoms with Crippen LogP contribution in [0.5, 0.6) is 11.5 Å². The minimum Gasteiger partial charge on any atom is -0.505 e. The lowest BCUT2D eigenvalue weighted by Crippen LogP contribution is -2.12. The number of halogens is 2. The van der Waals surface area contributed by atoms with E-state index in [1.165, 1.54) is 18.2 Å². The van der Waals surface area contributed by atoms with Crippen molar-refractivity contribution in [2.75, 3.05) is 11.9 Å². The summed E-state index contributed by atoms with van der Waals surface area (Å²) in [6.07, 6.45) is 0.418. The maximum atomic E-state index is 13.2. The highest BCUT2D eigenvalue weighted by atomic mass is 35.5. The number of carbonyl (C=O) groups excluding carboxylic acids is 1. The molecule has 9 nitrogen and oxygen atoms in total. The molecular weight excluding hydrogens is 565 g/mol. The Morgan fingerprint density at radius 1 is 1.00 bits per heavy atom. The second kappa shape index (κ2) is 11.6. The second-order valence-electron chi connectivity index (χ2n) is 8.31. The van der Waals surface area contributed by atoms with Crippen molar-refractivity contribution in [3.8, 4) is 11.5 Å². The van der Waals surface area contributed by atoms with Gasteiger partial charge in [-0.1, -0.05) is 54.4 Å². The summed E-state index contributed by atoms with van der Waals surface area (Å²) < 4.78 is 39.2. The van der Waals surface area contributed by atoms with E-state index in [9.17, 15) is 22.9 Å². The van der Waals surface area contributed by atoms with Gasteiger partial charge in [0.05, 0.1) is 17.2 Å². The van der Waals surface area contributed by atoms with Crippen molar-refractivity contribution >= 4 is 67.1 Å². The normalized spacial score (nSPS) is 11.7. The summed E-state index contributed by atoms with van der Waals surface area (Å²) in [5.74, 6) is -0.747.